The van der Waals surface area contributed by atoms with E-state index in [1.807, 2.05) is 12.1 Å². The Morgan fingerprint density at radius 3 is 2.78 bits per heavy atom. The van der Waals surface area contributed by atoms with E-state index in [0.717, 1.165) is 18.7 Å². The summed E-state index contributed by atoms with van der Waals surface area (Å²) in [4.78, 5) is 2.15. The maximum Gasteiger partial charge on any atom is 0.151 e. The summed E-state index contributed by atoms with van der Waals surface area (Å²) in [6, 6.07) is 5.56. The van der Waals surface area contributed by atoms with Crippen LogP contribution in [0.2, 0.25) is 5.02 Å². The van der Waals surface area contributed by atoms with E-state index in [2.05, 4.69) is 4.90 Å². The first-order valence-corrected chi connectivity index (χ1v) is 8.13. The highest BCUT2D eigenvalue weighted by Crippen LogP contribution is 2.21. The quantitative estimate of drug-likeness (QED) is 0.839. The summed E-state index contributed by atoms with van der Waals surface area (Å²) < 4.78 is 23.0. The van der Waals surface area contributed by atoms with Crippen molar-refractivity contribution in [2.24, 2.45) is 0 Å². The zero-order chi connectivity index (χ0) is 13.2. The van der Waals surface area contributed by atoms with Gasteiger partial charge >= 0.3 is 0 Å². The molecule has 0 aliphatic carbocycles. The fourth-order valence-corrected chi connectivity index (χ4v) is 3.59. The molecule has 0 radical (unpaired) electrons. The van der Waals surface area contributed by atoms with Crippen LogP contribution in [-0.4, -0.2) is 37.9 Å². The predicted octanol–water partition coefficient (Wildman–Crippen LogP) is 1.54. The number of hydrogen-bond acceptors (Lipinski definition) is 4. The minimum absolute atomic E-state index is 0.246. The second-order valence-corrected chi connectivity index (χ2v) is 7.35. The molecule has 100 valence electrons. The summed E-state index contributed by atoms with van der Waals surface area (Å²) in [6.45, 7) is 2.11. The summed E-state index contributed by atoms with van der Waals surface area (Å²) in [6.07, 6.45) is 0.699. The highest BCUT2D eigenvalue weighted by molar-refractivity contribution is 7.91. The number of benzene rings is 1. The lowest BCUT2D eigenvalue weighted by molar-refractivity contribution is 0.287. The van der Waals surface area contributed by atoms with Gasteiger partial charge in [0.25, 0.3) is 0 Å². The van der Waals surface area contributed by atoms with E-state index < -0.39 is 9.84 Å². The van der Waals surface area contributed by atoms with Gasteiger partial charge in [0.05, 0.1) is 22.2 Å². The van der Waals surface area contributed by atoms with E-state index in [9.17, 15) is 8.42 Å². The first-order valence-electron chi connectivity index (χ1n) is 5.93. The average molecular weight is 289 g/mol. The van der Waals surface area contributed by atoms with E-state index in [1.54, 1.807) is 6.07 Å². The molecule has 0 atom stereocenters. The van der Waals surface area contributed by atoms with Gasteiger partial charge in [0.15, 0.2) is 9.84 Å². The standard InChI is InChI=1S/C12H17ClN2O2S/c13-11-8-10(2-3-12(11)14)9-15-4-1-6-18(16,17)7-5-15/h2-3,8H,1,4-7,9,14H2. The number of nitrogens with zero attached hydrogens (tertiary/aromatic N) is 1. The van der Waals surface area contributed by atoms with Crippen LogP contribution in [0.3, 0.4) is 0 Å². The maximum absolute atomic E-state index is 11.5. The monoisotopic (exact) mass is 288 g/mol. The van der Waals surface area contributed by atoms with Crippen LogP contribution < -0.4 is 5.73 Å². The number of nitrogens with two attached hydrogens (primary N) is 1. The Bertz CT molecular complexity index is 531. The summed E-state index contributed by atoms with van der Waals surface area (Å²) >= 11 is 5.97. The van der Waals surface area contributed by atoms with Gasteiger partial charge in [-0.15, -0.1) is 0 Å². The average Bonchev–Trinajstić information content (AvgIpc) is 2.46. The Hall–Kier alpha value is -0.780. The molecule has 0 aromatic heterocycles. The van der Waals surface area contributed by atoms with Gasteiger partial charge in [-0.25, -0.2) is 8.42 Å². The number of hydrogen-bond donors (Lipinski definition) is 1. The molecule has 2 N–H and O–H groups in total. The van der Waals surface area contributed by atoms with Crippen molar-refractivity contribution in [1.29, 1.82) is 0 Å². The Morgan fingerprint density at radius 2 is 2.06 bits per heavy atom. The van der Waals surface area contributed by atoms with E-state index in [-0.39, 0.29) is 5.75 Å². The molecule has 2 rings (SSSR count). The molecule has 1 aliphatic heterocycles. The lowest BCUT2D eigenvalue weighted by Gasteiger charge is -2.19. The van der Waals surface area contributed by atoms with Crippen LogP contribution in [0.5, 0.6) is 0 Å². The molecule has 1 aromatic carbocycles. The van der Waals surface area contributed by atoms with Crippen molar-refractivity contribution in [2.45, 2.75) is 13.0 Å². The van der Waals surface area contributed by atoms with Crippen molar-refractivity contribution in [3.8, 4) is 0 Å². The second-order valence-electron chi connectivity index (χ2n) is 4.64. The van der Waals surface area contributed by atoms with Gasteiger partial charge in [0, 0.05) is 13.1 Å². The van der Waals surface area contributed by atoms with E-state index in [4.69, 9.17) is 17.3 Å². The highest BCUT2D eigenvalue weighted by atomic mass is 35.5. The van der Waals surface area contributed by atoms with Crippen molar-refractivity contribution in [3.05, 3.63) is 28.8 Å². The molecule has 0 spiro atoms. The van der Waals surface area contributed by atoms with Gasteiger partial charge in [-0.05, 0) is 30.7 Å². The number of rotatable bonds is 2. The highest BCUT2D eigenvalue weighted by Gasteiger charge is 2.19. The molecule has 0 bridgehead atoms. The second kappa shape index (κ2) is 5.47. The first-order chi connectivity index (χ1) is 8.46. The molecule has 1 fully saturated rings. The zero-order valence-electron chi connectivity index (χ0n) is 10.1. The summed E-state index contributed by atoms with van der Waals surface area (Å²) in [7, 11) is -2.85. The van der Waals surface area contributed by atoms with Crippen molar-refractivity contribution in [2.75, 3.05) is 30.3 Å². The molecule has 0 saturated carbocycles. The molecule has 0 unspecified atom stereocenters. The van der Waals surface area contributed by atoms with Crippen LogP contribution in [0.15, 0.2) is 18.2 Å². The van der Waals surface area contributed by atoms with Crippen LogP contribution in [-0.2, 0) is 16.4 Å². The van der Waals surface area contributed by atoms with Crippen molar-refractivity contribution >= 4 is 27.1 Å². The SMILES string of the molecule is Nc1ccc(CN2CCCS(=O)(=O)CC2)cc1Cl. The molecule has 0 amide bonds. The van der Waals surface area contributed by atoms with Gasteiger partial charge in [-0.2, -0.15) is 0 Å². The molecule has 4 nitrogen and oxygen atoms in total. The summed E-state index contributed by atoms with van der Waals surface area (Å²) in [5.74, 6) is 0.543. The van der Waals surface area contributed by atoms with Crippen molar-refractivity contribution in [3.63, 3.8) is 0 Å². The Morgan fingerprint density at radius 1 is 1.28 bits per heavy atom. The van der Waals surface area contributed by atoms with Crippen molar-refractivity contribution < 1.29 is 8.42 Å². The smallest absolute Gasteiger partial charge is 0.151 e. The molecule has 18 heavy (non-hydrogen) atoms. The zero-order valence-corrected chi connectivity index (χ0v) is 11.7. The fraction of sp³-hybridized carbons (Fsp3) is 0.500. The molecular weight excluding hydrogens is 272 g/mol. The van der Waals surface area contributed by atoms with Crippen molar-refractivity contribution in [1.82, 2.24) is 4.90 Å². The third-order valence-corrected chi connectivity index (χ3v) is 5.16. The van der Waals surface area contributed by atoms with Gasteiger partial charge < -0.3 is 5.73 Å². The molecule has 1 heterocycles. The van der Waals surface area contributed by atoms with E-state index in [1.165, 1.54) is 0 Å². The molecule has 1 saturated heterocycles. The molecular formula is C12H17ClN2O2S. The topological polar surface area (TPSA) is 63.4 Å². The number of nitrogen functional groups attached to an aromatic ring is 1. The van der Waals surface area contributed by atoms with Gasteiger partial charge in [0.1, 0.15) is 0 Å². The maximum atomic E-state index is 11.5. The third-order valence-electron chi connectivity index (χ3n) is 3.12. The Labute approximate surface area is 113 Å². The normalized spacial score (nSPS) is 20.5. The summed E-state index contributed by atoms with van der Waals surface area (Å²) in [5, 5.41) is 0.551. The number of halogens is 1. The molecule has 1 aromatic rings. The van der Waals surface area contributed by atoms with E-state index >= 15 is 0 Å². The van der Waals surface area contributed by atoms with Gasteiger partial charge in [-0.1, -0.05) is 17.7 Å². The minimum Gasteiger partial charge on any atom is -0.398 e. The van der Waals surface area contributed by atoms with Crippen LogP contribution >= 0.6 is 11.6 Å². The Kier molecular flexibility index (Phi) is 4.14. The van der Waals surface area contributed by atoms with E-state index in [0.29, 0.717) is 29.4 Å². The van der Waals surface area contributed by atoms with Gasteiger partial charge in [0.2, 0.25) is 0 Å². The number of sulfone groups is 1. The van der Waals surface area contributed by atoms with Crippen LogP contribution in [0.4, 0.5) is 5.69 Å². The van der Waals surface area contributed by atoms with Crippen LogP contribution in [0, 0.1) is 0 Å². The molecule has 1 aliphatic rings. The predicted molar refractivity (Wildman–Crippen MR) is 74.4 cm³/mol. The lowest BCUT2D eigenvalue weighted by Crippen LogP contribution is -2.26. The lowest BCUT2D eigenvalue weighted by atomic mass is 10.2. The Balaban J connectivity index is 2.03. The fourth-order valence-electron chi connectivity index (χ4n) is 2.08. The first kappa shape index (κ1) is 13.6. The van der Waals surface area contributed by atoms with Crippen LogP contribution in [0.25, 0.3) is 0 Å². The van der Waals surface area contributed by atoms with Gasteiger partial charge in [-0.3, -0.25) is 4.90 Å². The largest absolute Gasteiger partial charge is 0.398 e. The summed E-state index contributed by atoms with van der Waals surface area (Å²) in [5.41, 5.74) is 7.29. The minimum atomic E-state index is -2.85. The van der Waals surface area contributed by atoms with Crippen LogP contribution in [0.1, 0.15) is 12.0 Å². The molecule has 6 heteroatoms. The third kappa shape index (κ3) is 3.60. The number of anilines is 1.